The number of alkyl halides is 3. The lowest BCUT2D eigenvalue weighted by atomic mass is 9.89. The third-order valence-corrected chi connectivity index (χ3v) is 3.74. The van der Waals surface area contributed by atoms with E-state index in [1.807, 2.05) is 6.92 Å². The fourth-order valence-electron chi connectivity index (χ4n) is 2.26. The summed E-state index contributed by atoms with van der Waals surface area (Å²) >= 11 is 0. The van der Waals surface area contributed by atoms with E-state index in [1.165, 1.54) is 24.3 Å². The molecule has 0 aliphatic rings. The first kappa shape index (κ1) is 17.9. The third-order valence-electron chi connectivity index (χ3n) is 3.74. The zero-order valence-corrected chi connectivity index (χ0v) is 13.0. The molecule has 0 saturated carbocycles. The van der Waals surface area contributed by atoms with Gasteiger partial charge in [0.25, 0.3) is 0 Å². The molecule has 126 valence electrons. The largest absolute Gasteiger partial charge is 0.421 e. The van der Waals surface area contributed by atoms with Crippen LogP contribution in [-0.2, 0) is 5.60 Å². The summed E-state index contributed by atoms with van der Waals surface area (Å²) in [6.07, 6.45) is -3.48. The Morgan fingerprint density at radius 2 is 1.62 bits per heavy atom. The van der Waals surface area contributed by atoms with Crippen molar-refractivity contribution in [2.75, 3.05) is 0 Å². The predicted octanol–water partition coefficient (Wildman–Crippen LogP) is 4.57. The van der Waals surface area contributed by atoms with Gasteiger partial charge in [-0.25, -0.2) is 0 Å². The minimum absolute atomic E-state index is 0.259. The molecule has 1 N–H and O–H groups in total. The van der Waals surface area contributed by atoms with Gasteiger partial charge in [-0.3, -0.25) is 4.79 Å². The summed E-state index contributed by atoms with van der Waals surface area (Å²) in [4.78, 5) is 12.0. The minimum atomic E-state index is -4.86. The van der Waals surface area contributed by atoms with Crippen molar-refractivity contribution < 1.29 is 23.1 Å². The number of aryl methyl sites for hydroxylation is 1. The molecule has 0 aromatic heterocycles. The highest BCUT2D eigenvalue weighted by Gasteiger charge is 2.53. The van der Waals surface area contributed by atoms with E-state index in [-0.39, 0.29) is 5.56 Å². The Hall–Kier alpha value is -2.40. The minimum Gasteiger partial charge on any atom is -0.376 e. The predicted molar refractivity (Wildman–Crippen MR) is 85.7 cm³/mol. The standard InChI is InChI=1S/C19H17F3O2/c1-14-9-11-15(12-10-14)17(23)8-5-13-18(24,19(20,21)22)16-6-3-2-4-7-16/h2-12,24H,13H2,1H3/b8-5+/t18-/m0/s1. The molecule has 0 radical (unpaired) electrons. The fourth-order valence-corrected chi connectivity index (χ4v) is 2.26. The van der Waals surface area contributed by atoms with Crippen molar-refractivity contribution in [1.82, 2.24) is 0 Å². The van der Waals surface area contributed by atoms with Crippen LogP contribution in [-0.4, -0.2) is 17.1 Å². The van der Waals surface area contributed by atoms with Crippen molar-refractivity contribution in [1.29, 1.82) is 0 Å². The highest BCUT2D eigenvalue weighted by atomic mass is 19.4. The summed E-state index contributed by atoms with van der Waals surface area (Å²) < 4.78 is 39.9. The van der Waals surface area contributed by atoms with E-state index in [4.69, 9.17) is 0 Å². The lowest BCUT2D eigenvalue weighted by Crippen LogP contribution is -2.41. The van der Waals surface area contributed by atoms with Gasteiger partial charge in [-0.1, -0.05) is 66.2 Å². The zero-order valence-electron chi connectivity index (χ0n) is 13.0. The summed E-state index contributed by atoms with van der Waals surface area (Å²) in [5.41, 5.74) is -1.93. The van der Waals surface area contributed by atoms with Gasteiger partial charge in [0.15, 0.2) is 11.4 Å². The number of ketones is 1. The van der Waals surface area contributed by atoms with Crippen molar-refractivity contribution in [3.8, 4) is 0 Å². The Kier molecular flexibility index (Phi) is 5.24. The van der Waals surface area contributed by atoms with Crippen molar-refractivity contribution in [2.45, 2.75) is 25.1 Å². The molecule has 0 bridgehead atoms. The molecule has 0 unspecified atom stereocenters. The lowest BCUT2D eigenvalue weighted by Gasteiger charge is -2.30. The summed E-state index contributed by atoms with van der Waals surface area (Å²) in [6.45, 7) is 1.87. The van der Waals surface area contributed by atoms with Gasteiger partial charge < -0.3 is 5.11 Å². The molecule has 0 heterocycles. The maximum absolute atomic E-state index is 13.3. The molecule has 0 saturated heterocycles. The van der Waals surface area contributed by atoms with Crippen LogP contribution in [0.4, 0.5) is 13.2 Å². The first-order valence-electron chi connectivity index (χ1n) is 7.36. The van der Waals surface area contributed by atoms with Crippen LogP contribution in [0.1, 0.15) is 27.9 Å². The Morgan fingerprint density at radius 3 is 2.17 bits per heavy atom. The number of carbonyl (C=O) groups is 1. The topological polar surface area (TPSA) is 37.3 Å². The number of halogens is 3. The molecule has 1 atom stereocenters. The van der Waals surface area contributed by atoms with E-state index in [1.54, 1.807) is 30.3 Å². The second-order valence-electron chi connectivity index (χ2n) is 5.56. The summed E-state index contributed by atoms with van der Waals surface area (Å²) in [5, 5.41) is 10.2. The van der Waals surface area contributed by atoms with Crippen LogP contribution in [0, 0.1) is 6.92 Å². The van der Waals surface area contributed by atoms with Gasteiger partial charge in [0, 0.05) is 12.0 Å². The SMILES string of the molecule is Cc1ccc(C(=O)/C=C/C[C@](O)(c2ccccc2)C(F)(F)F)cc1. The Morgan fingerprint density at radius 1 is 1.04 bits per heavy atom. The average molecular weight is 334 g/mol. The maximum atomic E-state index is 13.3. The van der Waals surface area contributed by atoms with Gasteiger partial charge in [0.2, 0.25) is 0 Å². The lowest BCUT2D eigenvalue weighted by molar-refractivity contribution is -0.265. The van der Waals surface area contributed by atoms with Crippen molar-refractivity contribution in [3.05, 3.63) is 83.4 Å². The van der Waals surface area contributed by atoms with Gasteiger partial charge >= 0.3 is 6.18 Å². The van der Waals surface area contributed by atoms with E-state index in [0.717, 1.165) is 17.7 Å². The van der Waals surface area contributed by atoms with Crippen LogP contribution >= 0.6 is 0 Å². The smallest absolute Gasteiger partial charge is 0.376 e. The van der Waals surface area contributed by atoms with Crippen LogP contribution in [0.3, 0.4) is 0 Å². The Bertz CT molecular complexity index is 719. The van der Waals surface area contributed by atoms with Crippen molar-refractivity contribution in [3.63, 3.8) is 0 Å². The van der Waals surface area contributed by atoms with Crippen molar-refractivity contribution in [2.24, 2.45) is 0 Å². The highest BCUT2D eigenvalue weighted by Crippen LogP contribution is 2.41. The van der Waals surface area contributed by atoms with E-state index < -0.39 is 24.0 Å². The van der Waals surface area contributed by atoms with Crippen LogP contribution in [0.5, 0.6) is 0 Å². The molecule has 0 amide bonds. The number of rotatable bonds is 5. The molecule has 0 spiro atoms. The third kappa shape index (κ3) is 3.92. The average Bonchev–Trinajstić information content (AvgIpc) is 2.55. The normalized spacial score (nSPS) is 14.5. The van der Waals surface area contributed by atoms with Crippen LogP contribution in [0.25, 0.3) is 0 Å². The molecule has 24 heavy (non-hydrogen) atoms. The molecule has 2 aromatic carbocycles. The van der Waals surface area contributed by atoms with Crippen LogP contribution < -0.4 is 0 Å². The molecular weight excluding hydrogens is 317 g/mol. The Balaban J connectivity index is 2.19. The highest BCUT2D eigenvalue weighted by molar-refractivity contribution is 6.04. The Labute approximate surface area is 138 Å². The van der Waals surface area contributed by atoms with E-state index in [2.05, 4.69) is 0 Å². The summed E-state index contributed by atoms with van der Waals surface area (Å²) in [6, 6.07) is 13.5. The van der Waals surface area contributed by atoms with Gasteiger partial charge in [-0.15, -0.1) is 0 Å². The van der Waals surface area contributed by atoms with Gasteiger partial charge in [0.1, 0.15) is 0 Å². The van der Waals surface area contributed by atoms with E-state index in [9.17, 15) is 23.1 Å². The van der Waals surface area contributed by atoms with Crippen molar-refractivity contribution >= 4 is 5.78 Å². The van der Waals surface area contributed by atoms with E-state index >= 15 is 0 Å². The molecule has 0 fully saturated rings. The van der Waals surface area contributed by atoms with Crippen LogP contribution in [0.15, 0.2) is 66.7 Å². The van der Waals surface area contributed by atoms with Crippen LogP contribution in [0.2, 0.25) is 0 Å². The number of aliphatic hydroxyl groups is 1. The maximum Gasteiger partial charge on any atom is 0.421 e. The zero-order chi connectivity index (χ0) is 17.8. The first-order chi connectivity index (χ1) is 11.2. The number of carbonyl (C=O) groups excluding carboxylic acids is 1. The molecule has 5 heteroatoms. The number of hydrogen-bond acceptors (Lipinski definition) is 2. The molecule has 2 aromatic rings. The van der Waals surface area contributed by atoms with E-state index in [0.29, 0.717) is 5.56 Å². The van der Waals surface area contributed by atoms with Gasteiger partial charge in [-0.2, -0.15) is 13.2 Å². The monoisotopic (exact) mass is 334 g/mol. The van der Waals surface area contributed by atoms with Gasteiger partial charge in [-0.05, 0) is 18.6 Å². The fraction of sp³-hybridized carbons (Fsp3) is 0.211. The summed E-state index contributed by atoms with van der Waals surface area (Å²) in [7, 11) is 0. The summed E-state index contributed by atoms with van der Waals surface area (Å²) in [5.74, 6) is -0.410. The molecule has 0 aliphatic heterocycles. The quantitative estimate of drug-likeness (QED) is 0.642. The number of allylic oxidation sites excluding steroid dienone is 1. The molecular formula is C19H17F3O2. The second-order valence-corrected chi connectivity index (χ2v) is 5.56. The molecule has 0 aliphatic carbocycles. The number of hydrogen-bond donors (Lipinski definition) is 1. The molecule has 2 rings (SSSR count). The molecule has 2 nitrogen and oxygen atoms in total. The first-order valence-corrected chi connectivity index (χ1v) is 7.36. The second kappa shape index (κ2) is 7.01. The van der Waals surface area contributed by atoms with Gasteiger partial charge in [0.05, 0.1) is 0 Å². The number of benzene rings is 2.